The summed E-state index contributed by atoms with van der Waals surface area (Å²) in [5.41, 5.74) is 4.82. The number of likely N-dealkylation sites (tertiary alicyclic amines) is 1. The number of urea groups is 1. The van der Waals surface area contributed by atoms with E-state index in [4.69, 9.17) is 0 Å². The summed E-state index contributed by atoms with van der Waals surface area (Å²) < 4.78 is 0. The minimum Gasteiger partial charge on any atom is -0.324 e. The summed E-state index contributed by atoms with van der Waals surface area (Å²) in [5.74, 6) is 0. The lowest BCUT2D eigenvalue weighted by Gasteiger charge is -2.39. The highest BCUT2D eigenvalue weighted by Gasteiger charge is 2.39. The van der Waals surface area contributed by atoms with Gasteiger partial charge < -0.3 is 15.5 Å². The van der Waals surface area contributed by atoms with E-state index in [1.54, 1.807) is 0 Å². The molecule has 4 nitrogen and oxygen atoms in total. The van der Waals surface area contributed by atoms with Crippen LogP contribution in [0, 0.1) is 12.3 Å². The van der Waals surface area contributed by atoms with E-state index in [-0.39, 0.29) is 6.03 Å². The van der Waals surface area contributed by atoms with Gasteiger partial charge in [0.2, 0.25) is 0 Å². The number of nitrogens with zero attached hydrogens (tertiary/aromatic N) is 1. The molecular formula is C22H27N3O. The number of carbonyl (C=O) groups excluding carboxylic acids is 1. The predicted octanol–water partition coefficient (Wildman–Crippen LogP) is 4.27. The second kappa shape index (κ2) is 7.12. The minimum absolute atomic E-state index is 0.0274. The van der Waals surface area contributed by atoms with Crippen molar-refractivity contribution in [2.24, 2.45) is 5.41 Å². The summed E-state index contributed by atoms with van der Waals surface area (Å²) in [5, 5.41) is 6.54. The fourth-order valence-corrected chi connectivity index (χ4v) is 4.36. The number of rotatable bonds is 2. The van der Waals surface area contributed by atoms with E-state index in [1.807, 2.05) is 17.0 Å². The number of nitrogens with one attached hydrogen (secondary N) is 2. The molecule has 26 heavy (non-hydrogen) atoms. The van der Waals surface area contributed by atoms with Crippen LogP contribution >= 0.6 is 0 Å². The quantitative estimate of drug-likeness (QED) is 0.850. The number of hydrogen-bond acceptors (Lipinski definition) is 2. The lowest BCUT2D eigenvalue weighted by Crippen LogP contribution is -2.48. The molecule has 0 aliphatic carbocycles. The van der Waals surface area contributed by atoms with Crippen molar-refractivity contribution in [2.75, 3.05) is 31.5 Å². The Hall–Kier alpha value is -2.33. The van der Waals surface area contributed by atoms with E-state index in [1.165, 1.54) is 29.5 Å². The average Bonchev–Trinajstić information content (AvgIpc) is 3.10. The van der Waals surface area contributed by atoms with Crippen molar-refractivity contribution in [2.45, 2.75) is 26.2 Å². The molecule has 2 fully saturated rings. The van der Waals surface area contributed by atoms with E-state index in [0.29, 0.717) is 5.41 Å². The first kappa shape index (κ1) is 17.1. The third kappa shape index (κ3) is 3.47. The van der Waals surface area contributed by atoms with Gasteiger partial charge in [0.25, 0.3) is 0 Å². The van der Waals surface area contributed by atoms with E-state index >= 15 is 0 Å². The minimum atomic E-state index is 0.0274. The Balaban J connectivity index is 1.42. The van der Waals surface area contributed by atoms with Crippen molar-refractivity contribution >= 4 is 11.7 Å². The van der Waals surface area contributed by atoms with E-state index in [0.717, 1.165) is 38.3 Å². The molecular weight excluding hydrogens is 322 g/mol. The molecule has 136 valence electrons. The van der Waals surface area contributed by atoms with Crippen LogP contribution in [0.5, 0.6) is 0 Å². The van der Waals surface area contributed by atoms with Crippen LogP contribution in [-0.2, 0) is 0 Å². The number of aryl methyl sites for hydroxylation is 1. The standard InChI is InChI=1S/C22H27N3O/c1-17-5-2-3-6-20(17)18-7-9-19(10-8-18)24-21(26)25-14-4-11-22(16-25)12-13-23-15-22/h2-3,5-10,23H,4,11-16H2,1H3,(H,24,26)/t22-/m0/s1. The molecule has 0 unspecified atom stereocenters. The summed E-state index contributed by atoms with van der Waals surface area (Å²) in [6.07, 6.45) is 3.51. The molecule has 0 bridgehead atoms. The first-order valence-electron chi connectivity index (χ1n) is 9.58. The Kier molecular flexibility index (Phi) is 4.68. The van der Waals surface area contributed by atoms with E-state index < -0.39 is 0 Å². The lowest BCUT2D eigenvalue weighted by molar-refractivity contribution is 0.125. The number of hydrogen-bond donors (Lipinski definition) is 2. The Morgan fingerprint density at radius 2 is 1.92 bits per heavy atom. The van der Waals surface area contributed by atoms with Crippen molar-refractivity contribution in [3.63, 3.8) is 0 Å². The van der Waals surface area contributed by atoms with E-state index in [9.17, 15) is 4.79 Å². The average molecular weight is 349 g/mol. The van der Waals surface area contributed by atoms with Crippen molar-refractivity contribution in [3.05, 3.63) is 54.1 Å². The molecule has 0 saturated carbocycles. The van der Waals surface area contributed by atoms with Gasteiger partial charge in [-0.15, -0.1) is 0 Å². The molecule has 2 aromatic carbocycles. The first-order valence-corrected chi connectivity index (χ1v) is 9.58. The van der Waals surface area contributed by atoms with Gasteiger partial charge in [-0.3, -0.25) is 0 Å². The SMILES string of the molecule is Cc1ccccc1-c1ccc(NC(=O)N2CCC[C@@]3(CCNC3)C2)cc1. The summed E-state index contributed by atoms with van der Waals surface area (Å²) in [4.78, 5) is 14.7. The summed E-state index contributed by atoms with van der Waals surface area (Å²) >= 11 is 0. The molecule has 2 aliphatic heterocycles. The predicted molar refractivity (Wildman–Crippen MR) is 106 cm³/mol. The molecule has 2 saturated heterocycles. The third-order valence-electron chi connectivity index (χ3n) is 5.87. The van der Waals surface area contributed by atoms with Crippen molar-refractivity contribution < 1.29 is 4.79 Å². The van der Waals surface area contributed by atoms with Gasteiger partial charge in [0.1, 0.15) is 0 Å². The highest BCUT2D eigenvalue weighted by atomic mass is 16.2. The lowest BCUT2D eigenvalue weighted by atomic mass is 9.79. The van der Waals surface area contributed by atoms with Crippen LogP contribution in [0.4, 0.5) is 10.5 Å². The molecule has 2 aliphatic rings. The second-order valence-corrected chi connectivity index (χ2v) is 7.77. The molecule has 4 heteroatoms. The van der Waals surface area contributed by atoms with Gasteiger partial charge in [0.15, 0.2) is 0 Å². The van der Waals surface area contributed by atoms with Crippen LogP contribution in [0.2, 0.25) is 0 Å². The van der Waals surface area contributed by atoms with E-state index in [2.05, 4.69) is 54.0 Å². The Labute approximate surface area is 155 Å². The van der Waals surface area contributed by atoms with Gasteiger partial charge in [-0.1, -0.05) is 36.4 Å². The fraction of sp³-hybridized carbons (Fsp3) is 0.409. The van der Waals surface area contributed by atoms with Crippen molar-refractivity contribution in [3.8, 4) is 11.1 Å². The Morgan fingerprint density at radius 1 is 1.12 bits per heavy atom. The largest absolute Gasteiger partial charge is 0.324 e. The Morgan fingerprint density at radius 3 is 2.65 bits per heavy atom. The molecule has 1 atom stereocenters. The first-order chi connectivity index (χ1) is 12.7. The van der Waals surface area contributed by atoms with Crippen molar-refractivity contribution in [1.82, 2.24) is 10.2 Å². The zero-order valence-electron chi connectivity index (χ0n) is 15.4. The second-order valence-electron chi connectivity index (χ2n) is 7.77. The maximum absolute atomic E-state index is 12.7. The van der Waals surface area contributed by atoms with Gasteiger partial charge in [0.05, 0.1) is 0 Å². The monoisotopic (exact) mass is 349 g/mol. The van der Waals surface area contributed by atoms with Crippen LogP contribution in [-0.4, -0.2) is 37.1 Å². The molecule has 2 heterocycles. The third-order valence-corrected chi connectivity index (χ3v) is 5.87. The smallest absolute Gasteiger partial charge is 0.321 e. The molecule has 4 rings (SSSR count). The zero-order chi connectivity index (χ0) is 18.0. The topological polar surface area (TPSA) is 44.4 Å². The molecule has 1 spiro atoms. The number of piperidine rings is 1. The maximum Gasteiger partial charge on any atom is 0.321 e. The zero-order valence-corrected chi connectivity index (χ0v) is 15.4. The van der Waals surface area contributed by atoms with Gasteiger partial charge in [-0.05, 0) is 61.6 Å². The van der Waals surface area contributed by atoms with Gasteiger partial charge in [-0.25, -0.2) is 4.79 Å². The van der Waals surface area contributed by atoms with Crippen LogP contribution in [0.25, 0.3) is 11.1 Å². The number of benzene rings is 2. The highest BCUT2D eigenvalue weighted by molar-refractivity contribution is 5.89. The summed E-state index contributed by atoms with van der Waals surface area (Å²) in [7, 11) is 0. The highest BCUT2D eigenvalue weighted by Crippen LogP contribution is 2.35. The molecule has 2 amide bonds. The van der Waals surface area contributed by atoms with Crippen LogP contribution < -0.4 is 10.6 Å². The summed E-state index contributed by atoms with van der Waals surface area (Å²) in [6.45, 7) is 5.97. The van der Waals surface area contributed by atoms with Crippen LogP contribution in [0.1, 0.15) is 24.8 Å². The number of amides is 2. The Bertz CT molecular complexity index is 778. The molecule has 0 aromatic heterocycles. The number of anilines is 1. The maximum atomic E-state index is 12.7. The van der Waals surface area contributed by atoms with Gasteiger partial charge in [0, 0.05) is 30.7 Å². The fourth-order valence-electron chi connectivity index (χ4n) is 4.36. The van der Waals surface area contributed by atoms with Gasteiger partial charge >= 0.3 is 6.03 Å². The van der Waals surface area contributed by atoms with Crippen LogP contribution in [0.15, 0.2) is 48.5 Å². The van der Waals surface area contributed by atoms with Crippen molar-refractivity contribution in [1.29, 1.82) is 0 Å². The number of carbonyl (C=O) groups is 1. The molecule has 0 radical (unpaired) electrons. The molecule has 2 N–H and O–H groups in total. The normalized spacial score (nSPS) is 22.6. The van der Waals surface area contributed by atoms with Gasteiger partial charge in [-0.2, -0.15) is 0 Å². The van der Waals surface area contributed by atoms with Crippen LogP contribution in [0.3, 0.4) is 0 Å². The summed E-state index contributed by atoms with van der Waals surface area (Å²) in [6, 6.07) is 16.5. The molecule has 2 aromatic rings.